The monoisotopic (exact) mass is 431 g/mol. The summed E-state index contributed by atoms with van der Waals surface area (Å²) in [7, 11) is 1.66. The number of nitrogens with one attached hydrogen (secondary N) is 2. The second-order valence-electron chi connectivity index (χ2n) is 7.51. The van der Waals surface area contributed by atoms with Crippen LogP contribution in [-0.2, 0) is 12.8 Å². The predicted octanol–water partition coefficient (Wildman–Crippen LogP) is 3.72. The van der Waals surface area contributed by atoms with Crippen LogP contribution in [0, 0.1) is 0 Å². The van der Waals surface area contributed by atoms with E-state index in [4.69, 9.17) is 14.0 Å². The summed E-state index contributed by atoms with van der Waals surface area (Å²) in [6.45, 7) is 11.1. The zero-order valence-corrected chi connectivity index (χ0v) is 19.5. The molecule has 31 heavy (non-hydrogen) atoms. The van der Waals surface area contributed by atoms with Gasteiger partial charge < -0.3 is 24.6 Å². The molecule has 0 radical (unpaired) electrons. The molecule has 0 unspecified atom stereocenters. The van der Waals surface area contributed by atoms with Crippen LogP contribution >= 0.6 is 0 Å². The first kappa shape index (κ1) is 24.5. The fourth-order valence-electron chi connectivity index (χ4n) is 3.01. The van der Waals surface area contributed by atoms with E-state index in [0.29, 0.717) is 12.5 Å². The minimum Gasteiger partial charge on any atom is -0.493 e. The van der Waals surface area contributed by atoms with E-state index in [1.165, 1.54) is 5.56 Å². The fourth-order valence-corrected chi connectivity index (χ4v) is 3.01. The van der Waals surface area contributed by atoms with Crippen LogP contribution in [0.2, 0.25) is 0 Å². The molecule has 0 aliphatic rings. The van der Waals surface area contributed by atoms with E-state index >= 15 is 0 Å². The Morgan fingerprint density at radius 1 is 1.13 bits per heavy atom. The Balaban J connectivity index is 1.75. The molecule has 0 amide bonds. The number of aliphatic imine (C=N–C) groups is 1. The van der Waals surface area contributed by atoms with Gasteiger partial charge in [-0.1, -0.05) is 25.1 Å². The van der Waals surface area contributed by atoms with Gasteiger partial charge in [-0.15, -0.1) is 0 Å². The first-order valence-corrected chi connectivity index (χ1v) is 11.2. The molecule has 1 aromatic carbocycles. The van der Waals surface area contributed by atoms with Crippen molar-refractivity contribution in [2.75, 3.05) is 33.4 Å². The van der Waals surface area contributed by atoms with E-state index in [1.807, 2.05) is 13.0 Å². The van der Waals surface area contributed by atoms with Gasteiger partial charge in [-0.2, -0.15) is 4.98 Å². The molecule has 2 N–H and O–H groups in total. The Bertz CT molecular complexity index is 804. The first-order chi connectivity index (χ1) is 15.1. The Kier molecular flexibility index (Phi) is 10.7. The van der Waals surface area contributed by atoms with Crippen LogP contribution < -0.4 is 20.1 Å². The van der Waals surface area contributed by atoms with E-state index in [1.54, 1.807) is 7.11 Å². The number of ether oxygens (including phenoxy) is 2. The van der Waals surface area contributed by atoms with Crippen LogP contribution in [0.15, 0.2) is 27.7 Å². The molecule has 2 rings (SSSR count). The van der Waals surface area contributed by atoms with Crippen molar-refractivity contribution in [2.24, 2.45) is 4.99 Å². The van der Waals surface area contributed by atoms with Crippen LogP contribution in [0.3, 0.4) is 0 Å². The molecule has 172 valence electrons. The summed E-state index contributed by atoms with van der Waals surface area (Å²) in [4.78, 5) is 9.09. The molecule has 1 heterocycles. The molecule has 0 saturated carbocycles. The van der Waals surface area contributed by atoms with E-state index in [0.717, 1.165) is 68.6 Å². The summed E-state index contributed by atoms with van der Waals surface area (Å²) < 4.78 is 16.3. The highest BCUT2D eigenvalue weighted by atomic mass is 16.5. The van der Waals surface area contributed by atoms with Gasteiger partial charge in [0.1, 0.15) is 0 Å². The normalized spacial score (nSPS) is 11.6. The van der Waals surface area contributed by atoms with Crippen molar-refractivity contribution in [3.8, 4) is 11.5 Å². The zero-order chi connectivity index (χ0) is 22.5. The predicted molar refractivity (Wildman–Crippen MR) is 123 cm³/mol. The fraction of sp³-hybridized carbons (Fsp3) is 0.609. The highest BCUT2D eigenvalue weighted by molar-refractivity contribution is 5.79. The maximum atomic E-state index is 5.66. The Morgan fingerprint density at radius 3 is 2.65 bits per heavy atom. The number of nitrogens with zero attached hydrogens (tertiary/aromatic N) is 3. The van der Waals surface area contributed by atoms with Gasteiger partial charge in [0, 0.05) is 32.0 Å². The van der Waals surface area contributed by atoms with Crippen molar-refractivity contribution in [1.82, 2.24) is 20.8 Å². The molecule has 0 aliphatic carbocycles. The summed E-state index contributed by atoms with van der Waals surface area (Å²) in [5, 5.41) is 10.7. The van der Waals surface area contributed by atoms with Gasteiger partial charge in [0.15, 0.2) is 23.3 Å². The topological polar surface area (TPSA) is 93.8 Å². The van der Waals surface area contributed by atoms with Crippen molar-refractivity contribution >= 4 is 5.96 Å². The van der Waals surface area contributed by atoms with Gasteiger partial charge >= 0.3 is 0 Å². The van der Waals surface area contributed by atoms with Gasteiger partial charge in [0.05, 0.1) is 13.7 Å². The average Bonchev–Trinajstić information content (AvgIpc) is 3.24. The lowest BCUT2D eigenvalue weighted by Crippen LogP contribution is -2.38. The Morgan fingerprint density at radius 2 is 1.97 bits per heavy atom. The Hall–Kier alpha value is -2.77. The quantitative estimate of drug-likeness (QED) is 0.284. The summed E-state index contributed by atoms with van der Waals surface area (Å²) in [5.74, 6) is 4.14. The van der Waals surface area contributed by atoms with Gasteiger partial charge in [0.25, 0.3) is 0 Å². The minimum absolute atomic E-state index is 0.284. The van der Waals surface area contributed by atoms with Gasteiger partial charge in [0.2, 0.25) is 5.89 Å². The smallest absolute Gasteiger partial charge is 0.226 e. The second kappa shape index (κ2) is 13.5. The molecule has 0 fully saturated rings. The van der Waals surface area contributed by atoms with Crippen molar-refractivity contribution < 1.29 is 14.0 Å². The summed E-state index contributed by atoms with van der Waals surface area (Å²) in [6, 6.07) is 6.09. The third-order valence-corrected chi connectivity index (χ3v) is 4.63. The summed E-state index contributed by atoms with van der Waals surface area (Å²) in [6.07, 6.45) is 3.54. The summed E-state index contributed by atoms with van der Waals surface area (Å²) >= 11 is 0. The Labute approximate surface area is 185 Å². The van der Waals surface area contributed by atoms with Crippen LogP contribution in [0.4, 0.5) is 0 Å². The number of hydrogen-bond acceptors (Lipinski definition) is 6. The molecule has 8 heteroatoms. The maximum Gasteiger partial charge on any atom is 0.226 e. The van der Waals surface area contributed by atoms with Crippen LogP contribution in [0.1, 0.15) is 63.7 Å². The lowest BCUT2D eigenvalue weighted by Gasteiger charge is -2.12. The largest absolute Gasteiger partial charge is 0.493 e. The standard InChI is InChI=1S/C23H37N5O3/c1-6-24-23(26-15-9-11-21-27-22(17(3)4)28-31-21)25-14-8-10-18-12-13-19(29-5)20(16-18)30-7-2/h12-13,16-17H,6-11,14-15H2,1-5H3,(H2,24,25,26). The van der Waals surface area contributed by atoms with Gasteiger partial charge in [-0.3, -0.25) is 4.99 Å². The number of hydrogen-bond donors (Lipinski definition) is 2. The molecular weight excluding hydrogens is 394 g/mol. The number of aromatic nitrogens is 2. The molecule has 1 aromatic heterocycles. The van der Waals surface area contributed by atoms with Crippen molar-refractivity contribution in [3.63, 3.8) is 0 Å². The van der Waals surface area contributed by atoms with Gasteiger partial charge in [-0.05, 0) is 50.8 Å². The van der Waals surface area contributed by atoms with Crippen LogP contribution in [-0.4, -0.2) is 49.5 Å². The van der Waals surface area contributed by atoms with Crippen LogP contribution in [0.5, 0.6) is 11.5 Å². The van der Waals surface area contributed by atoms with Crippen molar-refractivity contribution in [2.45, 2.75) is 59.3 Å². The minimum atomic E-state index is 0.284. The van der Waals surface area contributed by atoms with E-state index in [-0.39, 0.29) is 5.92 Å². The van der Waals surface area contributed by atoms with Crippen molar-refractivity contribution in [3.05, 3.63) is 35.5 Å². The third-order valence-electron chi connectivity index (χ3n) is 4.63. The van der Waals surface area contributed by atoms with E-state index < -0.39 is 0 Å². The van der Waals surface area contributed by atoms with E-state index in [9.17, 15) is 0 Å². The van der Waals surface area contributed by atoms with Crippen LogP contribution in [0.25, 0.3) is 0 Å². The molecular formula is C23H37N5O3. The third kappa shape index (κ3) is 8.47. The van der Waals surface area contributed by atoms with E-state index in [2.05, 4.69) is 58.7 Å². The lowest BCUT2D eigenvalue weighted by atomic mass is 10.1. The number of guanidine groups is 1. The zero-order valence-electron chi connectivity index (χ0n) is 19.5. The summed E-state index contributed by atoms with van der Waals surface area (Å²) in [5.41, 5.74) is 1.22. The molecule has 0 saturated heterocycles. The first-order valence-electron chi connectivity index (χ1n) is 11.2. The molecule has 0 aliphatic heterocycles. The molecule has 0 atom stereocenters. The molecule has 2 aromatic rings. The molecule has 0 spiro atoms. The number of benzene rings is 1. The SMILES string of the molecule is CCNC(=NCCCc1ccc(OC)c(OCC)c1)NCCCc1nc(C(C)C)no1. The molecule has 0 bridgehead atoms. The number of methoxy groups -OCH3 is 1. The number of aryl methyl sites for hydroxylation is 2. The highest BCUT2D eigenvalue weighted by Crippen LogP contribution is 2.28. The number of rotatable bonds is 13. The average molecular weight is 432 g/mol. The highest BCUT2D eigenvalue weighted by Gasteiger charge is 2.09. The second-order valence-corrected chi connectivity index (χ2v) is 7.51. The lowest BCUT2D eigenvalue weighted by molar-refractivity contribution is 0.310. The van der Waals surface area contributed by atoms with Gasteiger partial charge in [-0.25, -0.2) is 0 Å². The maximum absolute atomic E-state index is 5.66. The van der Waals surface area contributed by atoms with Crippen molar-refractivity contribution in [1.29, 1.82) is 0 Å². The molecule has 8 nitrogen and oxygen atoms in total.